The van der Waals surface area contributed by atoms with Gasteiger partial charge in [0.05, 0.1) is 6.54 Å². The third-order valence-electron chi connectivity index (χ3n) is 6.69. The number of nitrogens with zero attached hydrogens (tertiary/aromatic N) is 2. The van der Waals surface area contributed by atoms with E-state index in [0.29, 0.717) is 25.0 Å². The number of aryl methyl sites for hydroxylation is 1. The number of amides is 2. The van der Waals surface area contributed by atoms with Crippen LogP contribution in [0.15, 0.2) is 17.1 Å². The Bertz CT molecular complexity index is 860. The average molecular weight is 502 g/mol. The van der Waals surface area contributed by atoms with E-state index in [9.17, 15) is 14.4 Å². The van der Waals surface area contributed by atoms with E-state index in [0.717, 1.165) is 70.3 Å². The molecule has 8 nitrogen and oxygen atoms in total. The molecule has 0 aromatic carbocycles. The Morgan fingerprint density at radius 3 is 2.39 bits per heavy atom. The van der Waals surface area contributed by atoms with E-state index in [1.54, 1.807) is 4.57 Å². The van der Waals surface area contributed by atoms with Gasteiger partial charge in [-0.05, 0) is 76.1 Å². The molecule has 3 aliphatic rings. The lowest BCUT2D eigenvalue weighted by Crippen LogP contribution is -2.48. The Morgan fingerprint density at radius 2 is 1.76 bits per heavy atom. The van der Waals surface area contributed by atoms with Crippen molar-refractivity contribution in [2.24, 2.45) is 5.92 Å². The van der Waals surface area contributed by atoms with Gasteiger partial charge in [0, 0.05) is 37.9 Å². The Balaban J connectivity index is 0.00000193. The zero-order valence-electron chi connectivity index (χ0n) is 19.3. The molecule has 3 heterocycles. The van der Waals surface area contributed by atoms with Crippen LogP contribution in [0.4, 0.5) is 0 Å². The van der Waals surface area contributed by atoms with E-state index in [1.807, 2.05) is 19.2 Å². The fourth-order valence-corrected chi connectivity index (χ4v) is 4.64. The lowest BCUT2D eigenvalue weighted by atomic mass is 9.99. The number of hydrogen-bond donors (Lipinski definition) is 3. The number of rotatable bonds is 7. The van der Waals surface area contributed by atoms with Gasteiger partial charge in [-0.25, -0.2) is 0 Å². The summed E-state index contributed by atoms with van der Waals surface area (Å²) in [7, 11) is 0. The van der Waals surface area contributed by atoms with E-state index in [4.69, 9.17) is 0 Å². The molecular formula is C23H37Cl2N5O3. The molecule has 1 atom stereocenters. The van der Waals surface area contributed by atoms with Gasteiger partial charge in [-0.2, -0.15) is 0 Å². The molecule has 1 unspecified atom stereocenters. The average Bonchev–Trinajstić information content (AvgIpc) is 3.56. The molecule has 0 radical (unpaired) electrons. The highest BCUT2D eigenvalue weighted by Crippen LogP contribution is 2.19. The summed E-state index contributed by atoms with van der Waals surface area (Å²) in [6.45, 7) is 6.40. The van der Waals surface area contributed by atoms with Gasteiger partial charge in [-0.15, -0.1) is 24.8 Å². The zero-order valence-corrected chi connectivity index (χ0v) is 20.9. The Kier molecular flexibility index (Phi) is 10.7. The first-order valence-electron chi connectivity index (χ1n) is 11.7. The molecule has 3 N–H and O–H groups in total. The first-order chi connectivity index (χ1) is 15.0. The number of piperidine rings is 2. The minimum Gasteiger partial charge on any atom is -0.352 e. The molecule has 0 spiro atoms. The lowest BCUT2D eigenvalue weighted by Gasteiger charge is -2.32. The van der Waals surface area contributed by atoms with Crippen LogP contribution in [-0.4, -0.2) is 66.1 Å². The van der Waals surface area contributed by atoms with Crippen LogP contribution in [0.5, 0.6) is 0 Å². The number of likely N-dealkylation sites (tertiary alicyclic amines) is 1. The quantitative estimate of drug-likeness (QED) is 0.525. The topological polar surface area (TPSA) is 95.5 Å². The van der Waals surface area contributed by atoms with E-state index < -0.39 is 0 Å². The molecule has 1 aromatic heterocycles. The maximum absolute atomic E-state index is 13.0. The smallest absolute Gasteiger partial charge is 0.263 e. The number of aromatic nitrogens is 1. The number of carbonyl (C=O) groups excluding carboxylic acids is 2. The number of pyridine rings is 1. The SMILES string of the molecule is Cc1ccn(CC2CCCNC2)c(=O)c1C(=O)NC1CCN(CC(=O)NC2CC2)CC1.Cl.Cl. The Hall–Kier alpha value is -1.61. The zero-order chi connectivity index (χ0) is 21.8. The van der Waals surface area contributed by atoms with Crippen LogP contribution in [0, 0.1) is 12.8 Å². The molecule has 1 saturated carbocycles. The molecule has 2 aliphatic heterocycles. The van der Waals surface area contributed by atoms with E-state index in [-0.39, 0.29) is 53.8 Å². The number of halogens is 2. The standard InChI is InChI=1S/C23H35N5O3.2ClH/c1-16-6-12-28(14-17-3-2-9-24-13-17)23(31)21(16)22(30)26-19-7-10-27(11-8-19)15-20(29)25-18-4-5-18;;/h6,12,17-19,24H,2-5,7-11,13-15H2,1H3,(H,25,29)(H,26,30);2*1H. The highest BCUT2D eigenvalue weighted by Gasteiger charge is 2.27. The number of nitrogens with one attached hydrogen (secondary N) is 3. The summed E-state index contributed by atoms with van der Waals surface area (Å²) in [6.07, 6.45) is 7.81. The second-order valence-corrected chi connectivity index (χ2v) is 9.41. The van der Waals surface area contributed by atoms with Crippen molar-refractivity contribution in [2.45, 2.75) is 64.1 Å². The minimum absolute atomic E-state index is 0. The first-order valence-corrected chi connectivity index (χ1v) is 11.7. The van der Waals surface area contributed by atoms with Gasteiger partial charge in [0.1, 0.15) is 5.56 Å². The summed E-state index contributed by atoms with van der Waals surface area (Å²) >= 11 is 0. The van der Waals surface area contributed by atoms with E-state index in [2.05, 4.69) is 20.9 Å². The van der Waals surface area contributed by atoms with Crippen LogP contribution in [0.25, 0.3) is 0 Å². The molecular weight excluding hydrogens is 465 g/mol. The normalized spacial score (nSPS) is 21.4. The maximum Gasteiger partial charge on any atom is 0.263 e. The van der Waals surface area contributed by atoms with Crippen molar-refractivity contribution in [1.29, 1.82) is 0 Å². The lowest BCUT2D eigenvalue weighted by molar-refractivity contribution is -0.122. The highest BCUT2D eigenvalue weighted by molar-refractivity contribution is 5.95. The first kappa shape index (κ1) is 27.6. The third-order valence-corrected chi connectivity index (χ3v) is 6.69. The van der Waals surface area contributed by atoms with Crippen molar-refractivity contribution in [1.82, 2.24) is 25.4 Å². The van der Waals surface area contributed by atoms with Gasteiger partial charge >= 0.3 is 0 Å². The Labute approximate surface area is 208 Å². The molecule has 4 rings (SSSR count). The van der Waals surface area contributed by atoms with Crippen molar-refractivity contribution in [2.75, 3.05) is 32.7 Å². The second kappa shape index (κ2) is 12.7. The van der Waals surface area contributed by atoms with Gasteiger partial charge in [0.2, 0.25) is 5.91 Å². The largest absolute Gasteiger partial charge is 0.352 e. The summed E-state index contributed by atoms with van der Waals surface area (Å²) in [5, 5.41) is 9.47. The van der Waals surface area contributed by atoms with Crippen LogP contribution in [0.3, 0.4) is 0 Å². The van der Waals surface area contributed by atoms with Crippen molar-refractivity contribution in [3.8, 4) is 0 Å². The van der Waals surface area contributed by atoms with Crippen LogP contribution < -0.4 is 21.5 Å². The summed E-state index contributed by atoms with van der Waals surface area (Å²) in [6, 6.07) is 2.29. The highest BCUT2D eigenvalue weighted by atomic mass is 35.5. The summed E-state index contributed by atoms with van der Waals surface area (Å²) in [5.74, 6) is 0.244. The van der Waals surface area contributed by atoms with E-state index >= 15 is 0 Å². The third kappa shape index (κ3) is 7.70. The summed E-state index contributed by atoms with van der Waals surface area (Å²) in [5.41, 5.74) is 0.782. The molecule has 10 heteroatoms. The number of carbonyl (C=O) groups is 2. The van der Waals surface area contributed by atoms with Crippen molar-refractivity contribution >= 4 is 36.6 Å². The van der Waals surface area contributed by atoms with Crippen molar-refractivity contribution in [3.63, 3.8) is 0 Å². The van der Waals surface area contributed by atoms with Gasteiger partial charge in [0.25, 0.3) is 11.5 Å². The van der Waals surface area contributed by atoms with Crippen molar-refractivity contribution < 1.29 is 9.59 Å². The molecule has 186 valence electrons. The molecule has 1 aromatic rings. The van der Waals surface area contributed by atoms with Crippen LogP contribution in [0.2, 0.25) is 0 Å². The molecule has 3 fully saturated rings. The molecule has 0 bridgehead atoms. The Morgan fingerprint density at radius 1 is 1.06 bits per heavy atom. The van der Waals surface area contributed by atoms with Gasteiger partial charge in [0.15, 0.2) is 0 Å². The second-order valence-electron chi connectivity index (χ2n) is 9.41. The van der Waals surface area contributed by atoms with Gasteiger partial charge in [-0.1, -0.05) is 0 Å². The molecule has 1 aliphatic carbocycles. The monoisotopic (exact) mass is 501 g/mol. The van der Waals surface area contributed by atoms with Gasteiger partial charge in [-0.3, -0.25) is 19.3 Å². The molecule has 2 saturated heterocycles. The fourth-order valence-electron chi connectivity index (χ4n) is 4.64. The van der Waals surface area contributed by atoms with Crippen molar-refractivity contribution in [3.05, 3.63) is 33.7 Å². The minimum atomic E-state index is -0.274. The maximum atomic E-state index is 13.0. The molecule has 2 amide bonds. The van der Waals surface area contributed by atoms with E-state index in [1.165, 1.54) is 0 Å². The predicted molar refractivity (Wildman–Crippen MR) is 134 cm³/mol. The predicted octanol–water partition coefficient (Wildman–Crippen LogP) is 1.47. The number of hydrogen-bond acceptors (Lipinski definition) is 5. The molecule has 33 heavy (non-hydrogen) atoms. The fraction of sp³-hybridized carbons (Fsp3) is 0.696. The van der Waals surface area contributed by atoms with Crippen LogP contribution in [0.1, 0.15) is 54.4 Å². The van der Waals surface area contributed by atoms with Gasteiger partial charge < -0.3 is 20.5 Å². The summed E-state index contributed by atoms with van der Waals surface area (Å²) < 4.78 is 1.70. The van der Waals surface area contributed by atoms with Crippen LogP contribution >= 0.6 is 24.8 Å². The summed E-state index contributed by atoms with van der Waals surface area (Å²) in [4.78, 5) is 40.1. The van der Waals surface area contributed by atoms with Crippen LogP contribution in [-0.2, 0) is 11.3 Å².